The van der Waals surface area contributed by atoms with Gasteiger partial charge in [0.2, 0.25) is 0 Å². The molecular formula is C13H11FNO. The summed E-state index contributed by atoms with van der Waals surface area (Å²) in [5.41, 5.74) is 6.34. The van der Waals surface area contributed by atoms with Crippen LogP contribution in [0.3, 0.4) is 0 Å². The van der Waals surface area contributed by atoms with Crippen molar-refractivity contribution in [2.75, 3.05) is 0 Å². The highest BCUT2D eigenvalue weighted by Gasteiger charge is 1.99. The SMILES string of the molecule is NCc1[c]ccc(Oc2cccc(F)c2)c1. The molecule has 0 fully saturated rings. The van der Waals surface area contributed by atoms with Crippen LogP contribution in [-0.2, 0) is 6.54 Å². The van der Waals surface area contributed by atoms with Crippen molar-refractivity contribution in [3.8, 4) is 11.5 Å². The molecule has 1 radical (unpaired) electrons. The minimum Gasteiger partial charge on any atom is -0.457 e. The number of rotatable bonds is 3. The van der Waals surface area contributed by atoms with E-state index in [1.807, 2.05) is 0 Å². The Morgan fingerprint density at radius 1 is 1.19 bits per heavy atom. The van der Waals surface area contributed by atoms with Crippen LogP contribution in [0.5, 0.6) is 11.5 Å². The van der Waals surface area contributed by atoms with Crippen molar-refractivity contribution in [2.24, 2.45) is 5.73 Å². The number of hydrogen-bond acceptors (Lipinski definition) is 2. The molecule has 0 saturated carbocycles. The van der Waals surface area contributed by atoms with Gasteiger partial charge in [-0.3, -0.25) is 0 Å². The summed E-state index contributed by atoms with van der Waals surface area (Å²) in [6, 6.07) is 14.2. The first-order valence-corrected chi connectivity index (χ1v) is 4.92. The third kappa shape index (κ3) is 2.58. The Labute approximate surface area is 93.5 Å². The van der Waals surface area contributed by atoms with Crippen LogP contribution in [0.25, 0.3) is 0 Å². The lowest BCUT2D eigenvalue weighted by atomic mass is 10.2. The van der Waals surface area contributed by atoms with Gasteiger partial charge in [0.1, 0.15) is 17.3 Å². The molecule has 2 N–H and O–H groups in total. The van der Waals surface area contributed by atoms with E-state index in [9.17, 15) is 4.39 Å². The highest BCUT2D eigenvalue weighted by Crippen LogP contribution is 2.22. The molecule has 0 spiro atoms. The van der Waals surface area contributed by atoms with Gasteiger partial charge in [-0.2, -0.15) is 0 Å². The van der Waals surface area contributed by atoms with Crippen LogP contribution in [0, 0.1) is 11.9 Å². The zero-order valence-corrected chi connectivity index (χ0v) is 8.61. The van der Waals surface area contributed by atoms with E-state index in [-0.39, 0.29) is 5.82 Å². The van der Waals surface area contributed by atoms with Gasteiger partial charge in [-0.05, 0) is 35.9 Å². The van der Waals surface area contributed by atoms with Gasteiger partial charge >= 0.3 is 0 Å². The summed E-state index contributed by atoms with van der Waals surface area (Å²) in [6.45, 7) is 0.403. The molecule has 0 atom stereocenters. The van der Waals surface area contributed by atoms with Crippen LogP contribution in [0.15, 0.2) is 42.5 Å². The fourth-order valence-electron chi connectivity index (χ4n) is 1.34. The first-order chi connectivity index (χ1) is 7.78. The number of hydrogen-bond donors (Lipinski definition) is 1. The molecule has 0 heterocycles. The summed E-state index contributed by atoms with van der Waals surface area (Å²) in [5.74, 6) is 0.776. The maximum Gasteiger partial charge on any atom is 0.130 e. The molecule has 2 aromatic rings. The van der Waals surface area contributed by atoms with Gasteiger partial charge in [-0.25, -0.2) is 4.39 Å². The van der Waals surface area contributed by atoms with Gasteiger partial charge in [0.05, 0.1) is 0 Å². The van der Waals surface area contributed by atoms with E-state index in [1.165, 1.54) is 12.1 Å². The molecule has 0 saturated heterocycles. The van der Waals surface area contributed by atoms with Crippen molar-refractivity contribution in [1.82, 2.24) is 0 Å². The topological polar surface area (TPSA) is 35.2 Å². The van der Waals surface area contributed by atoms with Crippen molar-refractivity contribution in [2.45, 2.75) is 6.54 Å². The van der Waals surface area contributed by atoms with E-state index in [2.05, 4.69) is 6.07 Å². The van der Waals surface area contributed by atoms with E-state index in [0.717, 1.165) is 5.56 Å². The molecule has 0 aliphatic rings. The van der Waals surface area contributed by atoms with Crippen molar-refractivity contribution >= 4 is 0 Å². The van der Waals surface area contributed by atoms with Gasteiger partial charge in [-0.15, -0.1) is 0 Å². The lowest BCUT2D eigenvalue weighted by Gasteiger charge is -2.06. The monoisotopic (exact) mass is 216 g/mol. The molecular weight excluding hydrogens is 205 g/mol. The quantitative estimate of drug-likeness (QED) is 0.856. The molecule has 0 amide bonds. The Bertz CT molecular complexity index is 485. The number of benzene rings is 2. The average Bonchev–Trinajstić information content (AvgIpc) is 2.29. The Kier molecular flexibility index (Phi) is 3.17. The van der Waals surface area contributed by atoms with Crippen LogP contribution in [0.1, 0.15) is 5.56 Å². The lowest BCUT2D eigenvalue weighted by Crippen LogP contribution is -1.96. The smallest absolute Gasteiger partial charge is 0.130 e. The fraction of sp³-hybridized carbons (Fsp3) is 0.0769. The Morgan fingerprint density at radius 2 is 2.00 bits per heavy atom. The molecule has 0 aliphatic carbocycles. The molecule has 0 unspecified atom stereocenters. The Hall–Kier alpha value is -1.87. The van der Waals surface area contributed by atoms with Gasteiger partial charge < -0.3 is 10.5 Å². The number of nitrogens with two attached hydrogens (primary N) is 1. The molecule has 0 aromatic heterocycles. The Morgan fingerprint density at radius 3 is 2.75 bits per heavy atom. The van der Waals surface area contributed by atoms with E-state index >= 15 is 0 Å². The second-order valence-corrected chi connectivity index (χ2v) is 3.31. The van der Waals surface area contributed by atoms with Gasteiger partial charge in [0.15, 0.2) is 0 Å². The highest BCUT2D eigenvalue weighted by atomic mass is 19.1. The van der Waals surface area contributed by atoms with Crippen molar-refractivity contribution in [1.29, 1.82) is 0 Å². The fourth-order valence-corrected chi connectivity index (χ4v) is 1.34. The summed E-state index contributed by atoms with van der Waals surface area (Å²) in [7, 11) is 0. The molecule has 81 valence electrons. The normalized spacial score (nSPS) is 10.1. The first-order valence-electron chi connectivity index (χ1n) is 4.92. The zero-order valence-electron chi connectivity index (χ0n) is 8.61. The maximum atomic E-state index is 12.9. The minimum atomic E-state index is -0.320. The van der Waals surface area contributed by atoms with Crippen LogP contribution in [0.2, 0.25) is 0 Å². The molecule has 0 bridgehead atoms. The zero-order chi connectivity index (χ0) is 11.4. The van der Waals surface area contributed by atoms with Gasteiger partial charge in [-0.1, -0.05) is 12.1 Å². The lowest BCUT2D eigenvalue weighted by molar-refractivity contribution is 0.476. The second kappa shape index (κ2) is 4.77. The molecule has 3 heteroatoms. The van der Waals surface area contributed by atoms with Gasteiger partial charge in [0.25, 0.3) is 0 Å². The number of ether oxygens (including phenoxy) is 1. The minimum absolute atomic E-state index is 0.320. The maximum absolute atomic E-state index is 12.9. The average molecular weight is 216 g/mol. The Balaban J connectivity index is 2.20. The second-order valence-electron chi connectivity index (χ2n) is 3.31. The summed E-state index contributed by atoms with van der Waals surface area (Å²) in [4.78, 5) is 0. The van der Waals surface area contributed by atoms with E-state index < -0.39 is 0 Å². The molecule has 16 heavy (non-hydrogen) atoms. The van der Waals surface area contributed by atoms with Crippen LogP contribution >= 0.6 is 0 Å². The predicted molar refractivity (Wildman–Crippen MR) is 59.6 cm³/mol. The van der Waals surface area contributed by atoms with E-state index in [4.69, 9.17) is 10.5 Å². The largest absolute Gasteiger partial charge is 0.457 e. The van der Waals surface area contributed by atoms with Crippen LogP contribution in [0.4, 0.5) is 4.39 Å². The third-order valence-electron chi connectivity index (χ3n) is 2.08. The summed E-state index contributed by atoms with van der Waals surface area (Å²) in [6.07, 6.45) is 0. The van der Waals surface area contributed by atoms with Gasteiger partial charge in [0, 0.05) is 12.6 Å². The number of halogens is 1. The summed E-state index contributed by atoms with van der Waals surface area (Å²) < 4.78 is 18.4. The standard InChI is InChI=1S/C13H11FNO/c14-11-4-2-6-13(8-11)16-12-5-1-3-10(7-12)9-15/h1-2,4-8H,9,15H2. The van der Waals surface area contributed by atoms with Crippen molar-refractivity contribution in [3.63, 3.8) is 0 Å². The first kappa shape index (κ1) is 10.6. The van der Waals surface area contributed by atoms with Crippen molar-refractivity contribution in [3.05, 3.63) is 59.9 Å². The molecule has 2 rings (SSSR count). The van der Waals surface area contributed by atoms with Crippen molar-refractivity contribution < 1.29 is 9.13 Å². The van der Waals surface area contributed by atoms with E-state index in [1.54, 1.807) is 30.3 Å². The van der Waals surface area contributed by atoms with E-state index in [0.29, 0.717) is 18.0 Å². The highest BCUT2D eigenvalue weighted by molar-refractivity contribution is 5.33. The summed E-state index contributed by atoms with van der Waals surface area (Å²) >= 11 is 0. The third-order valence-corrected chi connectivity index (χ3v) is 2.08. The predicted octanol–water partition coefficient (Wildman–Crippen LogP) is 2.88. The summed E-state index contributed by atoms with van der Waals surface area (Å²) in [5, 5.41) is 0. The molecule has 2 nitrogen and oxygen atoms in total. The van der Waals surface area contributed by atoms with Crippen LogP contribution in [-0.4, -0.2) is 0 Å². The van der Waals surface area contributed by atoms with Crippen LogP contribution < -0.4 is 10.5 Å². The molecule has 0 aliphatic heterocycles. The molecule has 2 aromatic carbocycles.